The standard InChI is InChI=1S/C12H22N4S/c1-12(2,3)10(8-17)6-15-4-5-16-9-13-14-11(16)7-15/h9-10,17H,4-8H2,1-3H3. The first-order valence-electron chi connectivity index (χ1n) is 6.20. The van der Waals surface area contributed by atoms with E-state index in [-0.39, 0.29) is 0 Å². The molecule has 2 heterocycles. The van der Waals surface area contributed by atoms with E-state index in [9.17, 15) is 0 Å². The minimum atomic E-state index is 0.312. The van der Waals surface area contributed by atoms with E-state index in [0.29, 0.717) is 11.3 Å². The third-order valence-corrected chi connectivity index (χ3v) is 4.08. The van der Waals surface area contributed by atoms with Crippen molar-refractivity contribution in [3.05, 3.63) is 12.2 Å². The number of fused-ring (bicyclic) bond motifs is 1. The zero-order valence-electron chi connectivity index (χ0n) is 10.9. The van der Waals surface area contributed by atoms with Gasteiger partial charge < -0.3 is 4.57 Å². The Morgan fingerprint density at radius 3 is 2.82 bits per heavy atom. The summed E-state index contributed by atoms with van der Waals surface area (Å²) in [6.07, 6.45) is 1.83. The van der Waals surface area contributed by atoms with Crippen LogP contribution >= 0.6 is 12.6 Å². The third-order valence-electron chi connectivity index (χ3n) is 3.64. The topological polar surface area (TPSA) is 34.0 Å². The Bertz CT molecular complexity index is 369. The van der Waals surface area contributed by atoms with Crippen molar-refractivity contribution in [3.8, 4) is 0 Å². The van der Waals surface area contributed by atoms with E-state index in [4.69, 9.17) is 0 Å². The Balaban J connectivity index is 1.97. The minimum Gasteiger partial charge on any atom is -0.315 e. The molecule has 4 nitrogen and oxygen atoms in total. The molecule has 1 aromatic heterocycles. The van der Waals surface area contributed by atoms with Gasteiger partial charge >= 0.3 is 0 Å². The summed E-state index contributed by atoms with van der Waals surface area (Å²) >= 11 is 4.49. The molecule has 0 aliphatic carbocycles. The summed E-state index contributed by atoms with van der Waals surface area (Å²) in [5, 5.41) is 8.11. The number of rotatable bonds is 3. The molecule has 5 heteroatoms. The van der Waals surface area contributed by atoms with Gasteiger partial charge in [0.25, 0.3) is 0 Å². The fourth-order valence-electron chi connectivity index (χ4n) is 2.19. The van der Waals surface area contributed by atoms with Crippen LogP contribution in [0.1, 0.15) is 26.6 Å². The van der Waals surface area contributed by atoms with Crippen LogP contribution in [0.2, 0.25) is 0 Å². The average molecular weight is 254 g/mol. The lowest BCUT2D eigenvalue weighted by atomic mass is 9.81. The molecule has 0 spiro atoms. The van der Waals surface area contributed by atoms with E-state index in [0.717, 1.165) is 37.8 Å². The maximum Gasteiger partial charge on any atom is 0.147 e. The number of aromatic nitrogens is 3. The molecular formula is C12H22N4S. The summed E-state index contributed by atoms with van der Waals surface area (Å²) in [5.41, 5.74) is 0.312. The van der Waals surface area contributed by atoms with E-state index < -0.39 is 0 Å². The molecule has 0 aromatic carbocycles. The van der Waals surface area contributed by atoms with E-state index in [2.05, 4.69) is 53.1 Å². The summed E-state index contributed by atoms with van der Waals surface area (Å²) in [7, 11) is 0. The van der Waals surface area contributed by atoms with Gasteiger partial charge in [0.05, 0.1) is 6.54 Å². The summed E-state index contributed by atoms with van der Waals surface area (Å²) in [6.45, 7) is 11.0. The maximum absolute atomic E-state index is 4.49. The van der Waals surface area contributed by atoms with Crippen molar-refractivity contribution in [3.63, 3.8) is 0 Å². The van der Waals surface area contributed by atoms with E-state index >= 15 is 0 Å². The van der Waals surface area contributed by atoms with Crippen LogP contribution in [0.4, 0.5) is 0 Å². The van der Waals surface area contributed by atoms with Gasteiger partial charge in [-0.25, -0.2) is 0 Å². The van der Waals surface area contributed by atoms with Crippen LogP contribution in [-0.2, 0) is 13.1 Å². The molecule has 0 saturated carbocycles. The molecule has 0 saturated heterocycles. The molecule has 2 rings (SSSR count). The van der Waals surface area contributed by atoms with Gasteiger partial charge in [-0.05, 0) is 17.1 Å². The summed E-state index contributed by atoms with van der Waals surface area (Å²) in [6, 6.07) is 0. The van der Waals surface area contributed by atoms with Crippen molar-refractivity contribution in [2.75, 3.05) is 18.8 Å². The quantitative estimate of drug-likeness (QED) is 0.834. The van der Waals surface area contributed by atoms with Crippen LogP contribution in [0.5, 0.6) is 0 Å². The number of nitrogens with zero attached hydrogens (tertiary/aromatic N) is 4. The van der Waals surface area contributed by atoms with E-state index in [1.807, 2.05) is 6.33 Å². The lowest BCUT2D eigenvalue weighted by molar-refractivity contribution is 0.138. The highest BCUT2D eigenvalue weighted by Crippen LogP contribution is 2.28. The van der Waals surface area contributed by atoms with Gasteiger partial charge in [-0.1, -0.05) is 20.8 Å². The fourth-order valence-corrected chi connectivity index (χ4v) is 2.85. The molecule has 96 valence electrons. The van der Waals surface area contributed by atoms with Crippen molar-refractivity contribution in [2.24, 2.45) is 11.3 Å². The molecular weight excluding hydrogens is 232 g/mol. The number of thiol groups is 1. The number of hydrogen-bond acceptors (Lipinski definition) is 4. The normalized spacial score (nSPS) is 19.1. The molecule has 1 aliphatic rings. The molecule has 0 fully saturated rings. The Morgan fingerprint density at radius 2 is 2.18 bits per heavy atom. The molecule has 0 amide bonds. The van der Waals surface area contributed by atoms with Crippen LogP contribution in [0.25, 0.3) is 0 Å². The largest absolute Gasteiger partial charge is 0.315 e. The van der Waals surface area contributed by atoms with Crippen molar-refractivity contribution >= 4 is 12.6 Å². The first-order valence-corrected chi connectivity index (χ1v) is 6.84. The summed E-state index contributed by atoms with van der Waals surface area (Å²) < 4.78 is 2.14. The second kappa shape index (κ2) is 4.98. The van der Waals surface area contributed by atoms with Crippen molar-refractivity contribution < 1.29 is 0 Å². The zero-order chi connectivity index (χ0) is 12.5. The average Bonchev–Trinajstić information content (AvgIpc) is 2.71. The molecule has 1 unspecified atom stereocenters. The highest BCUT2D eigenvalue weighted by atomic mass is 32.1. The van der Waals surface area contributed by atoms with Gasteiger partial charge in [0.15, 0.2) is 0 Å². The van der Waals surface area contributed by atoms with Crippen LogP contribution in [0, 0.1) is 11.3 Å². The zero-order valence-corrected chi connectivity index (χ0v) is 11.8. The fraction of sp³-hybridized carbons (Fsp3) is 0.833. The molecule has 1 aliphatic heterocycles. The lowest BCUT2D eigenvalue weighted by Crippen LogP contribution is -2.40. The highest BCUT2D eigenvalue weighted by Gasteiger charge is 2.27. The molecule has 0 N–H and O–H groups in total. The second-order valence-electron chi connectivity index (χ2n) is 5.92. The van der Waals surface area contributed by atoms with Crippen molar-refractivity contribution in [2.45, 2.75) is 33.9 Å². The number of hydrogen-bond donors (Lipinski definition) is 1. The summed E-state index contributed by atoms with van der Waals surface area (Å²) in [5.74, 6) is 2.63. The third kappa shape index (κ3) is 3.01. The van der Waals surface area contributed by atoms with Gasteiger partial charge in [-0.3, -0.25) is 4.90 Å². The van der Waals surface area contributed by atoms with Crippen molar-refractivity contribution in [1.82, 2.24) is 19.7 Å². The van der Waals surface area contributed by atoms with Crippen LogP contribution in [-0.4, -0.2) is 38.5 Å². The monoisotopic (exact) mass is 254 g/mol. The van der Waals surface area contributed by atoms with Gasteiger partial charge in [0.1, 0.15) is 12.2 Å². The van der Waals surface area contributed by atoms with Crippen LogP contribution in [0.15, 0.2) is 6.33 Å². The Labute approximate surface area is 109 Å². The second-order valence-corrected chi connectivity index (χ2v) is 6.29. The first-order chi connectivity index (χ1) is 8.00. The lowest BCUT2D eigenvalue weighted by Gasteiger charge is -2.36. The van der Waals surface area contributed by atoms with E-state index in [1.54, 1.807) is 0 Å². The summed E-state index contributed by atoms with van der Waals surface area (Å²) in [4.78, 5) is 2.47. The maximum atomic E-state index is 4.49. The molecule has 17 heavy (non-hydrogen) atoms. The predicted molar refractivity (Wildman–Crippen MR) is 72.1 cm³/mol. The molecule has 1 atom stereocenters. The van der Waals surface area contributed by atoms with Gasteiger partial charge in [-0.2, -0.15) is 12.6 Å². The van der Waals surface area contributed by atoms with Crippen LogP contribution in [0.3, 0.4) is 0 Å². The minimum absolute atomic E-state index is 0.312. The Morgan fingerprint density at radius 1 is 1.41 bits per heavy atom. The van der Waals surface area contributed by atoms with Gasteiger partial charge in [-0.15, -0.1) is 10.2 Å². The van der Waals surface area contributed by atoms with Gasteiger partial charge in [0.2, 0.25) is 0 Å². The molecule has 0 radical (unpaired) electrons. The van der Waals surface area contributed by atoms with Gasteiger partial charge in [0, 0.05) is 19.6 Å². The Hall–Kier alpha value is -0.550. The highest BCUT2D eigenvalue weighted by molar-refractivity contribution is 7.80. The van der Waals surface area contributed by atoms with Crippen LogP contribution < -0.4 is 0 Å². The Kier molecular flexibility index (Phi) is 3.78. The predicted octanol–water partition coefficient (Wildman–Crippen LogP) is 1.69. The molecule has 0 bridgehead atoms. The smallest absolute Gasteiger partial charge is 0.147 e. The van der Waals surface area contributed by atoms with E-state index in [1.165, 1.54) is 0 Å². The molecule has 1 aromatic rings. The SMILES string of the molecule is CC(C)(C)C(CS)CN1CCn2cnnc2C1. The van der Waals surface area contributed by atoms with Crippen molar-refractivity contribution in [1.29, 1.82) is 0 Å². The first kappa shape index (κ1) is 12.9.